The smallest absolute Gasteiger partial charge is 0.355 e. The number of nitrogens with zero attached hydrogens (tertiary/aromatic N) is 4. The predicted octanol–water partition coefficient (Wildman–Crippen LogP) is 4.01. The third kappa shape index (κ3) is 5.81. The van der Waals surface area contributed by atoms with Crippen LogP contribution in [0.15, 0.2) is 42.9 Å². The van der Waals surface area contributed by atoms with E-state index in [0.29, 0.717) is 10.7 Å². The SMILES string of the molecule is O=C(COc1ccc(Cl)cc1Cl)NNc1ncnc(Nc2cccnc2Cl)c1[N+](=O)[O-]. The van der Waals surface area contributed by atoms with Gasteiger partial charge in [-0.3, -0.25) is 25.8 Å². The van der Waals surface area contributed by atoms with Crippen molar-refractivity contribution in [3.05, 3.63) is 68.2 Å². The fourth-order valence-electron chi connectivity index (χ4n) is 2.24. The molecule has 0 spiro atoms. The number of benzene rings is 1. The highest BCUT2D eigenvalue weighted by molar-refractivity contribution is 6.35. The molecule has 31 heavy (non-hydrogen) atoms. The fraction of sp³-hybridized carbons (Fsp3) is 0.0588. The van der Waals surface area contributed by atoms with E-state index >= 15 is 0 Å². The van der Waals surface area contributed by atoms with E-state index in [9.17, 15) is 14.9 Å². The number of hydrogen-bond donors (Lipinski definition) is 3. The minimum absolute atomic E-state index is 0.0937. The minimum atomic E-state index is -0.717. The maximum absolute atomic E-state index is 12.0. The van der Waals surface area contributed by atoms with Gasteiger partial charge >= 0.3 is 5.69 Å². The van der Waals surface area contributed by atoms with E-state index < -0.39 is 23.1 Å². The van der Waals surface area contributed by atoms with Crippen molar-refractivity contribution in [3.63, 3.8) is 0 Å². The molecule has 3 aromatic rings. The zero-order valence-electron chi connectivity index (χ0n) is 15.3. The lowest BCUT2D eigenvalue weighted by Crippen LogP contribution is -2.34. The van der Waals surface area contributed by atoms with Crippen LogP contribution in [0.2, 0.25) is 15.2 Å². The standard InChI is InChI=1S/C17H12Cl3N7O4/c18-9-3-4-12(10(19)6-9)31-7-13(28)25-26-17-14(27(29)30)16(22-8-23-17)24-11-2-1-5-21-15(11)20/h1-6,8H,7H2,(H,25,28)(H2,22,23,24,26). The van der Waals surface area contributed by atoms with Gasteiger partial charge in [-0.1, -0.05) is 34.8 Å². The second kappa shape index (κ2) is 10.1. The van der Waals surface area contributed by atoms with Crippen LogP contribution in [-0.2, 0) is 4.79 Å². The maximum atomic E-state index is 12.0. The normalized spacial score (nSPS) is 10.3. The second-order valence-corrected chi connectivity index (χ2v) is 6.88. The Bertz CT molecular complexity index is 1130. The van der Waals surface area contributed by atoms with Crippen molar-refractivity contribution in [3.8, 4) is 5.75 Å². The monoisotopic (exact) mass is 483 g/mol. The van der Waals surface area contributed by atoms with Crippen molar-refractivity contribution in [2.75, 3.05) is 17.3 Å². The Morgan fingerprint density at radius 2 is 1.90 bits per heavy atom. The van der Waals surface area contributed by atoms with E-state index in [4.69, 9.17) is 39.5 Å². The quantitative estimate of drug-likeness (QED) is 0.245. The molecule has 0 atom stereocenters. The molecule has 0 aliphatic heterocycles. The highest BCUT2D eigenvalue weighted by Crippen LogP contribution is 2.32. The van der Waals surface area contributed by atoms with Gasteiger partial charge in [0, 0.05) is 11.2 Å². The fourth-order valence-corrected chi connectivity index (χ4v) is 2.87. The molecule has 160 valence electrons. The van der Waals surface area contributed by atoms with Gasteiger partial charge in [0.15, 0.2) is 11.8 Å². The van der Waals surface area contributed by atoms with Gasteiger partial charge in [0.1, 0.15) is 12.1 Å². The van der Waals surface area contributed by atoms with Gasteiger partial charge in [0.2, 0.25) is 11.6 Å². The molecule has 0 aliphatic rings. The molecule has 3 rings (SSSR count). The lowest BCUT2D eigenvalue weighted by atomic mass is 10.3. The van der Waals surface area contributed by atoms with Crippen molar-refractivity contribution < 1.29 is 14.5 Å². The molecule has 0 aliphatic carbocycles. The summed E-state index contributed by atoms with van der Waals surface area (Å²) in [7, 11) is 0. The number of hydrogen-bond acceptors (Lipinski definition) is 9. The number of nitro groups is 1. The molecule has 14 heteroatoms. The van der Waals surface area contributed by atoms with Crippen molar-refractivity contribution >= 4 is 63.7 Å². The van der Waals surface area contributed by atoms with E-state index in [0.717, 1.165) is 6.33 Å². The molecular formula is C17H12Cl3N7O4. The maximum Gasteiger partial charge on any atom is 0.355 e. The predicted molar refractivity (Wildman–Crippen MR) is 115 cm³/mol. The van der Waals surface area contributed by atoms with Crippen LogP contribution in [0.25, 0.3) is 0 Å². The Labute approximate surface area is 189 Å². The summed E-state index contributed by atoms with van der Waals surface area (Å²) in [6.45, 7) is -0.427. The van der Waals surface area contributed by atoms with Gasteiger partial charge in [-0.25, -0.2) is 15.0 Å². The van der Waals surface area contributed by atoms with Crippen LogP contribution >= 0.6 is 34.8 Å². The van der Waals surface area contributed by atoms with Gasteiger partial charge < -0.3 is 10.1 Å². The van der Waals surface area contributed by atoms with Gasteiger partial charge in [0.25, 0.3) is 5.91 Å². The zero-order chi connectivity index (χ0) is 22.4. The number of aromatic nitrogens is 3. The summed E-state index contributed by atoms with van der Waals surface area (Å²) < 4.78 is 5.29. The number of carbonyl (C=O) groups excluding carboxylic acids is 1. The first-order chi connectivity index (χ1) is 14.8. The van der Waals surface area contributed by atoms with Crippen LogP contribution in [0.4, 0.5) is 23.0 Å². The van der Waals surface area contributed by atoms with Crippen LogP contribution in [0, 0.1) is 10.1 Å². The molecule has 2 aromatic heterocycles. The summed E-state index contributed by atoms with van der Waals surface area (Å²) in [4.78, 5) is 34.4. The number of nitrogens with one attached hydrogen (secondary N) is 3. The average Bonchev–Trinajstić information content (AvgIpc) is 2.73. The molecule has 0 radical (unpaired) electrons. The van der Waals surface area contributed by atoms with E-state index in [1.807, 2.05) is 0 Å². The first-order valence-corrected chi connectivity index (χ1v) is 9.48. The summed E-state index contributed by atoms with van der Waals surface area (Å²) in [6, 6.07) is 7.67. The van der Waals surface area contributed by atoms with Crippen molar-refractivity contribution in [1.29, 1.82) is 0 Å². The lowest BCUT2D eigenvalue weighted by Gasteiger charge is -2.12. The first-order valence-electron chi connectivity index (χ1n) is 8.34. The summed E-state index contributed by atoms with van der Waals surface area (Å²) >= 11 is 17.7. The van der Waals surface area contributed by atoms with E-state index in [-0.39, 0.29) is 27.6 Å². The van der Waals surface area contributed by atoms with Gasteiger partial charge in [0.05, 0.1) is 15.6 Å². The molecule has 0 saturated heterocycles. The summed E-state index contributed by atoms with van der Waals surface area (Å²) in [6.07, 6.45) is 2.53. The number of amides is 1. The average molecular weight is 485 g/mol. The number of pyridine rings is 1. The lowest BCUT2D eigenvalue weighted by molar-refractivity contribution is -0.383. The molecular weight excluding hydrogens is 473 g/mol. The van der Waals surface area contributed by atoms with E-state index in [2.05, 4.69) is 31.1 Å². The van der Waals surface area contributed by atoms with Crippen LogP contribution in [0.3, 0.4) is 0 Å². The number of carbonyl (C=O) groups is 1. The summed E-state index contributed by atoms with van der Waals surface area (Å²) in [5.74, 6) is -0.825. The van der Waals surface area contributed by atoms with E-state index in [1.54, 1.807) is 18.2 Å². The first kappa shape index (κ1) is 22.3. The summed E-state index contributed by atoms with van der Waals surface area (Å²) in [5.41, 5.74) is 4.41. The number of rotatable bonds is 8. The molecule has 0 saturated carbocycles. The highest BCUT2D eigenvalue weighted by atomic mass is 35.5. The second-order valence-electron chi connectivity index (χ2n) is 5.68. The molecule has 0 unspecified atom stereocenters. The Hall–Kier alpha value is -3.41. The number of anilines is 3. The van der Waals surface area contributed by atoms with Crippen molar-refractivity contribution in [1.82, 2.24) is 20.4 Å². The third-order valence-corrected chi connectivity index (χ3v) is 4.42. The largest absolute Gasteiger partial charge is 0.482 e. The minimum Gasteiger partial charge on any atom is -0.482 e. The van der Waals surface area contributed by atoms with Crippen LogP contribution in [-0.4, -0.2) is 32.4 Å². The molecule has 3 N–H and O–H groups in total. The molecule has 2 heterocycles. The molecule has 0 fully saturated rings. The Morgan fingerprint density at radius 1 is 1.13 bits per heavy atom. The molecule has 1 aromatic carbocycles. The number of hydrazine groups is 1. The zero-order valence-corrected chi connectivity index (χ0v) is 17.6. The Kier molecular flexibility index (Phi) is 7.23. The van der Waals surface area contributed by atoms with Gasteiger partial charge in [-0.05, 0) is 30.3 Å². The van der Waals surface area contributed by atoms with E-state index in [1.165, 1.54) is 18.3 Å². The van der Waals surface area contributed by atoms with Gasteiger partial charge in [-0.15, -0.1) is 0 Å². The van der Waals surface area contributed by atoms with Crippen molar-refractivity contribution in [2.24, 2.45) is 0 Å². The van der Waals surface area contributed by atoms with Crippen LogP contribution < -0.4 is 20.9 Å². The van der Waals surface area contributed by atoms with Crippen LogP contribution in [0.5, 0.6) is 5.75 Å². The topological polar surface area (TPSA) is 144 Å². The molecule has 1 amide bonds. The number of halogens is 3. The van der Waals surface area contributed by atoms with Gasteiger partial charge in [-0.2, -0.15) is 0 Å². The Morgan fingerprint density at radius 3 is 2.61 bits per heavy atom. The number of ether oxygens (including phenoxy) is 1. The third-order valence-electron chi connectivity index (χ3n) is 3.59. The molecule has 0 bridgehead atoms. The Balaban J connectivity index is 1.69. The van der Waals surface area contributed by atoms with Crippen LogP contribution in [0.1, 0.15) is 0 Å². The highest BCUT2D eigenvalue weighted by Gasteiger charge is 2.24. The summed E-state index contributed by atoms with van der Waals surface area (Å²) in [5, 5.41) is 15.0. The molecule has 11 nitrogen and oxygen atoms in total. The van der Waals surface area contributed by atoms with Crippen molar-refractivity contribution in [2.45, 2.75) is 0 Å².